The number of likely N-dealkylation sites (tertiary alicyclic amines) is 1. The van der Waals surface area contributed by atoms with Gasteiger partial charge in [0, 0.05) is 37.3 Å². The number of halogens is 1. The van der Waals surface area contributed by atoms with Gasteiger partial charge in [0.05, 0.1) is 6.04 Å². The van der Waals surface area contributed by atoms with Crippen molar-refractivity contribution < 1.29 is 13.9 Å². The highest BCUT2D eigenvalue weighted by Crippen LogP contribution is 2.20. The van der Waals surface area contributed by atoms with E-state index in [9.17, 15) is 9.18 Å². The van der Waals surface area contributed by atoms with E-state index in [2.05, 4.69) is 20.5 Å². The average molecular weight is 397 g/mol. The number of aliphatic imine (C=N–C) groups is 1. The van der Waals surface area contributed by atoms with Crippen LogP contribution in [0.25, 0.3) is 0 Å². The molecule has 1 fully saturated rings. The first kappa shape index (κ1) is 21.3. The number of ether oxygens (including phenoxy) is 1. The lowest BCUT2D eigenvalue weighted by Gasteiger charge is -2.23. The molecule has 2 N–H and O–H groups in total. The number of nitrogens with one attached hydrogen (secondary N) is 2. The number of hydrogen-bond acceptors (Lipinski definition) is 4. The van der Waals surface area contributed by atoms with Gasteiger partial charge in [-0.15, -0.1) is 11.8 Å². The van der Waals surface area contributed by atoms with Crippen molar-refractivity contribution in [3.05, 3.63) is 30.1 Å². The molecule has 0 radical (unpaired) electrons. The third-order valence-electron chi connectivity index (χ3n) is 3.90. The van der Waals surface area contributed by atoms with Gasteiger partial charge < -0.3 is 20.3 Å². The summed E-state index contributed by atoms with van der Waals surface area (Å²) in [7, 11) is 1.74. The van der Waals surface area contributed by atoms with Crippen molar-refractivity contribution in [2.45, 2.75) is 43.7 Å². The summed E-state index contributed by atoms with van der Waals surface area (Å²) in [6, 6.07) is 6.80. The lowest BCUT2D eigenvalue weighted by molar-refractivity contribution is 0.0507. The minimum Gasteiger partial charge on any atom is -0.444 e. The fourth-order valence-corrected chi connectivity index (χ4v) is 3.57. The van der Waals surface area contributed by atoms with Gasteiger partial charge in [0.25, 0.3) is 0 Å². The van der Waals surface area contributed by atoms with Crippen molar-refractivity contribution in [1.29, 1.82) is 0 Å². The molecule has 0 aromatic heterocycles. The third-order valence-corrected chi connectivity index (χ3v) is 4.95. The Kier molecular flexibility index (Phi) is 7.77. The summed E-state index contributed by atoms with van der Waals surface area (Å²) in [4.78, 5) is 19.0. The number of carbonyl (C=O) groups excluding carboxylic acids is 1. The number of rotatable bonds is 5. The summed E-state index contributed by atoms with van der Waals surface area (Å²) in [5.41, 5.74) is -0.504. The van der Waals surface area contributed by atoms with Gasteiger partial charge in [-0.1, -0.05) is 12.1 Å². The van der Waals surface area contributed by atoms with Gasteiger partial charge >= 0.3 is 6.09 Å². The molecule has 1 saturated heterocycles. The van der Waals surface area contributed by atoms with Gasteiger partial charge in [0.2, 0.25) is 0 Å². The first-order valence-electron chi connectivity index (χ1n) is 9.11. The van der Waals surface area contributed by atoms with Crippen LogP contribution in [0.5, 0.6) is 0 Å². The van der Waals surface area contributed by atoms with Crippen molar-refractivity contribution in [2.75, 3.05) is 32.4 Å². The molecule has 1 aromatic carbocycles. The SMILES string of the molecule is CN=C(NCCSc1ccccc1F)N1CCC(NC(=O)OC(C)(C)C)C1. The second-order valence-corrected chi connectivity index (χ2v) is 8.47. The smallest absolute Gasteiger partial charge is 0.407 e. The van der Waals surface area contributed by atoms with Crippen LogP contribution in [0.3, 0.4) is 0 Å². The van der Waals surface area contributed by atoms with Crippen LogP contribution >= 0.6 is 11.8 Å². The highest BCUT2D eigenvalue weighted by atomic mass is 32.2. The molecule has 1 aromatic rings. The maximum Gasteiger partial charge on any atom is 0.407 e. The molecule has 1 unspecified atom stereocenters. The summed E-state index contributed by atoms with van der Waals surface area (Å²) in [5.74, 6) is 1.33. The Hall–Kier alpha value is -1.96. The molecular weight excluding hydrogens is 367 g/mol. The van der Waals surface area contributed by atoms with Crippen LogP contribution in [0.15, 0.2) is 34.2 Å². The summed E-state index contributed by atoms with van der Waals surface area (Å²) in [6.45, 7) is 7.70. The number of hydrogen-bond donors (Lipinski definition) is 2. The van der Waals surface area contributed by atoms with E-state index >= 15 is 0 Å². The van der Waals surface area contributed by atoms with E-state index in [1.807, 2.05) is 26.8 Å². The quantitative estimate of drug-likeness (QED) is 0.347. The average Bonchev–Trinajstić information content (AvgIpc) is 3.02. The Labute approximate surface area is 164 Å². The van der Waals surface area contributed by atoms with Crippen LogP contribution in [0, 0.1) is 5.82 Å². The fraction of sp³-hybridized carbons (Fsp3) is 0.579. The van der Waals surface area contributed by atoms with Gasteiger partial charge in [-0.05, 0) is 39.3 Å². The van der Waals surface area contributed by atoms with Crippen molar-refractivity contribution in [3.63, 3.8) is 0 Å². The molecule has 1 atom stereocenters. The van der Waals surface area contributed by atoms with Crippen molar-refractivity contribution in [3.8, 4) is 0 Å². The summed E-state index contributed by atoms with van der Waals surface area (Å²) in [5, 5.41) is 6.21. The molecule has 1 aliphatic rings. The normalized spacial score (nSPS) is 17.7. The van der Waals surface area contributed by atoms with E-state index in [-0.39, 0.29) is 11.9 Å². The van der Waals surface area contributed by atoms with Crippen molar-refractivity contribution in [1.82, 2.24) is 15.5 Å². The maximum atomic E-state index is 13.6. The first-order valence-corrected chi connectivity index (χ1v) is 10.1. The van der Waals surface area contributed by atoms with Gasteiger partial charge in [-0.3, -0.25) is 4.99 Å². The minimum absolute atomic E-state index is 0.0335. The Morgan fingerprint density at radius 1 is 1.41 bits per heavy atom. The molecule has 0 aliphatic carbocycles. The standard InChI is InChI=1S/C19H29FN4O2S/c1-19(2,3)26-18(25)23-14-9-11-24(13-14)17(21-4)22-10-12-27-16-8-6-5-7-15(16)20/h5-8,14H,9-13H2,1-4H3,(H,21,22)(H,23,25). The van der Waals surface area contributed by atoms with E-state index in [0.29, 0.717) is 18.0 Å². The molecule has 2 rings (SSSR count). The predicted octanol–water partition coefficient (Wildman–Crippen LogP) is 3.09. The summed E-state index contributed by atoms with van der Waals surface area (Å²) in [6.07, 6.45) is 0.447. The molecule has 0 bridgehead atoms. The topological polar surface area (TPSA) is 66.0 Å². The van der Waals surface area contributed by atoms with E-state index in [1.54, 1.807) is 19.2 Å². The van der Waals surface area contributed by atoms with Crippen LogP contribution < -0.4 is 10.6 Å². The number of benzene rings is 1. The molecule has 1 aliphatic heterocycles. The minimum atomic E-state index is -0.504. The predicted molar refractivity (Wildman–Crippen MR) is 108 cm³/mol. The maximum absolute atomic E-state index is 13.6. The number of thioether (sulfide) groups is 1. The number of amides is 1. The number of alkyl carbamates (subject to hydrolysis) is 1. The van der Waals surface area contributed by atoms with Crippen LogP contribution in [-0.4, -0.2) is 61.0 Å². The molecule has 27 heavy (non-hydrogen) atoms. The molecule has 150 valence electrons. The zero-order valence-electron chi connectivity index (χ0n) is 16.4. The van der Waals surface area contributed by atoms with Crippen LogP contribution in [0.2, 0.25) is 0 Å². The number of guanidine groups is 1. The summed E-state index contributed by atoms with van der Waals surface area (Å²) < 4.78 is 18.9. The summed E-state index contributed by atoms with van der Waals surface area (Å²) >= 11 is 1.47. The van der Waals surface area contributed by atoms with Crippen molar-refractivity contribution in [2.24, 2.45) is 4.99 Å². The van der Waals surface area contributed by atoms with Crippen LogP contribution in [0.4, 0.5) is 9.18 Å². The fourth-order valence-electron chi connectivity index (χ4n) is 2.76. The van der Waals surface area contributed by atoms with Gasteiger partial charge in [-0.25, -0.2) is 9.18 Å². The highest BCUT2D eigenvalue weighted by Gasteiger charge is 2.27. The largest absolute Gasteiger partial charge is 0.444 e. The number of nitrogens with zero attached hydrogens (tertiary/aromatic N) is 2. The van der Waals surface area contributed by atoms with Gasteiger partial charge in [0.15, 0.2) is 5.96 Å². The van der Waals surface area contributed by atoms with Crippen LogP contribution in [0.1, 0.15) is 27.2 Å². The van der Waals surface area contributed by atoms with Crippen molar-refractivity contribution >= 4 is 23.8 Å². The Bertz CT molecular complexity index is 663. The molecule has 6 nitrogen and oxygen atoms in total. The van der Waals surface area contributed by atoms with Gasteiger partial charge in [-0.2, -0.15) is 0 Å². The Balaban J connectivity index is 1.73. The lowest BCUT2D eigenvalue weighted by atomic mass is 10.2. The molecule has 1 heterocycles. The zero-order valence-corrected chi connectivity index (χ0v) is 17.2. The first-order chi connectivity index (χ1) is 12.8. The van der Waals surface area contributed by atoms with E-state index in [0.717, 1.165) is 24.7 Å². The second-order valence-electron chi connectivity index (χ2n) is 7.33. The highest BCUT2D eigenvalue weighted by molar-refractivity contribution is 7.99. The lowest BCUT2D eigenvalue weighted by Crippen LogP contribution is -2.44. The third kappa shape index (κ3) is 7.28. The van der Waals surface area contributed by atoms with Gasteiger partial charge in [0.1, 0.15) is 11.4 Å². The van der Waals surface area contributed by atoms with E-state index < -0.39 is 11.7 Å². The van der Waals surface area contributed by atoms with E-state index in [1.165, 1.54) is 17.8 Å². The molecule has 0 spiro atoms. The molecule has 8 heteroatoms. The molecule has 0 saturated carbocycles. The molecule has 1 amide bonds. The zero-order chi connectivity index (χ0) is 19.9. The Morgan fingerprint density at radius 2 is 2.15 bits per heavy atom. The monoisotopic (exact) mass is 396 g/mol. The Morgan fingerprint density at radius 3 is 2.81 bits per heavy atom. The second kappa shape index (κ2) is 9.82. The number of carbonyl (C=O) groups is 1. The van der Waals surface area contributed by atoms with E-state index in [4.69, 9.17) is 4.74 Å². The van der Waals surface area contributed by atoms with Crippen LogP contribution in [-0.2, 0) is 4.74 Å². The molecular formula is C19H29FN4O2S.